The number of carbonyl (C=O) groups is 2. The van der Waals surface area contributed by atoms with E-state index in [4.69, 9.17) is 11.6 Å². The van der Waals surface area contributed by atoms with Crippen molar-refractivity contribution in [3.63, 3.8) is 0 Å². The smallest absolute Gasteiger partial charge is 0.223 e. The maximum atomic E-state index is 12.4. The van der Waals surface area contributed by atoms with Crippen LogP contribution in [0.5, 0.6) is 0 Å². The number of hydrogen-bond donors (Lipinski definition) is 0. The molecule has 0 atom stereocenters. The molecule has 1 aromatic carbocycles. The molecule has 0 aliphatic carbocycles. The molecule has 0 radical (unpaired) electrons. The fourth-order valence-electron chi connectivity index (χ4n) is 3.11. The molecule has 3 rings (SSSR count). The molecule has 138 valence electrons. The lowest BCUT2D eigenvalue weighted by atomic mass is 10.1. The molecule has 1 saturated heterocycles. The molecule has 6 heteroatoms. The molecule has 0 spiro atoms. The first-order valence-electron chi connectivity index (χ1n) is 8.94. The van der Waals surface area contributed by atoms with Gasteiger partial charge in [0.1, 0.15) is 0 Å². The zero-order valence-corrected chi connectivity index (χ0v) is 16.3. The topological polar surface area (TPSA) is 40.6 Å². The van der Waals surface area contributed by atoms with Crippen LogP contribution in [0.2, 0.25) is 5.02 Å². The van der Waals surface area contributed by atoms with Crippen LogP contribution >= 0.6 is 22.9 Å². The first kappa shape index (κ1) is 18.9. The summed E-state index contributed by atoms with van der Waals surface area (Å²) in [4.78, 5) is 29.7. The van der Waals surface area contributed by atoms with Gasteiger partial charge in [-0.1, -0.05) is 29.8 Å². The van der Waals surface area contributed by atoms with E-state index in [0.717, 1.165) is 18.4 Å². The number of amides is 2. The maximum absolute atomic E-state index is 12.4. The molecular formula is C20H23ClN2O2S. The third kappa shape index (κ3) is 5.32. The standard InChI is InChI=1S/C20H23ClN2O2S/c21-17-6-3-16(4-7-17)5-9-19(24)22-11-13-23(14-12-22)20(25)10-8-18-2-1-15-26-18/h1-4,6-7,15H,5,8-14H2. The third-order valence-electron chi connectivity index (χ3n) is 4.69. The van der Waals surface area contributed by atoms with Crippen LogP contribution < -0.4 is 0 Å². The van der Waals surface area contributed by atoms with E-state index in [2.05, 4.69) is 6.07 Å². The monoisotopic (exact) mass is 390 g/mol. The lowest BCUT2D eigenvalue weighted by Gasteiger charge is -2.35. The minimum Gasteiger partial charge on any atom is -0.339 e. The summed E-state index contributed by atoms with van der Waals surface area (Å²) in [6.07, 6.45) is 2.56. The largest absolute Gasteiger partial charge is 0.339 e. The maximum Gasteiger partial charge on any atom is 0.223 e. The fourth-order valence-corrected chi connectivity index (χ4v) is 3.94. The van der Waals surface area contributed by atoms with E-state index < -0.39 is 0 Å². The van der Waals surface area contributed by atoms with E-state index >= 15 is 0 Å². The summed E-state index contributed by atoms with van der Waals surface area (Å²) in [5.41, 5.74) is 1.12. The van der Waals surface area contributed by atoms with Gasteiger partial charge in [0, 0.05) is 48.9 Å². The van der Waals surface area contributed by atoms with Crippen molar-refractivity contribution in [2.45, 2.75) is 25.7 Å². The number of hydrogen-bond acceptors (Lipinski definition) is 3. The Morgan fingerprint density at radius 3 is 2.00 bits per heavy atom. The molecule has 1 aromatic heterocycles. The summed E-state index contributed by atoms with van der Waals surface area (Å²) in [6, 6.07) is 11.7. The average Bonchev–Trinajstić information content (AvgIpc) is 3.19. The summed E-state index contributed by atoms with van der Waals surface area (Å²) >= 11 is 7.57. The van der Waals surface area contributed by atoms with Crippen molar-refractivity contribution >= 4 is 34.8 Å². The van der Waals surface area contributed by atoms with Crippen molar-refractivity contribution in [2.75, 3.05) is 26.2 Å². The predicted octanol–water partition coefficient (Wildman–Crippen LogP) is 3.64. The highest BCUT2D eigenvalue weighted by atomic mass is 35.5. The SMILES string of the molecule is O=C(CCc1ccc(Cl)cc1)N1CCN(C(=O)CCc2cccs2)CC1. The van der Waals surface area contributed by atoms with Crippen LogP contribution in [0.4, 0.5) is 0 Å². The number of carbonyl (C=O) groups excluding carboxylic acids is 2. The third-order valence-corrected chi connectivity index (χ3v) is 5.88. The van der Waals surface area contributed by atoms with Gasteiger partial charge < -0.3 is 9.80 Å². The van der Waals surface area contributed by atoms with Crippen molar-refractivity contribution in [3.8, 4) is 0 Å². The van der Waals surface area contributed by atoms with Gasteiger partial charge in [-0.05, 0) is 42.0 Å². The molecule has 4 nitrogen and oxygen atoms in total. The molecule has 0 bridgehead atoms. The first-order valence-corrected chi connectivity index (χ1v) is 10.2. The Morgan fingerprint density at radius 2 is 1.46 bits per heavy atom. The van der Waals surface area contributed by atoms with E-state index in [0.29, 0.717) is 44.0 Å². The Labute approximate surface area is 163 Å². The van der Waals surface area contributed by atoms with E-state index in [1.165, 1.54) is 4.88 Å². The second-order valence-corrected chi connectivity index (χ2v) is 7.94. The summed E-state index contributed by atoms with van der Waals surface area (Å²) in [7, 11) is 0. The molecule has 0 unspecified atom stereocenters. The lowest BCUT2D eigenvalue weighted by Crippen LogP contribution is -2.50. The van der Waals surface area contributed by atoms with Crippen LogP contribution in [0.25, 0.3) is 0 Å². The molecular weight excluding hydrogens is 368 g/mol. The minimum atomic E-state index is 0.158. The van der Waals surface area contributed by atoms with Crippen LogP contribution in [0.3, 0.4) is 0 Å². The highest BCUT2D eigenvalue weighted by Gasteiger charge is 2.23. The normalized spacial score (nSPS) is 14.5. The summed E-state index contributed by atoms with van der Waals surface area (Å²) in [5.74, 6) is 0.345. The van der Waals surface area contributed by atoms with Crippen LogP contribution in [-0.4, -0.2) is 47.8 Å². The average molecular weight is 391 g/mol. The predicted molar refractivity (Wildman–Crippen MR) is 106 cm³/mol. The van der Waals surface area contributed by atoms with Crippen LogP contribution in [0, 0.1) is 0 Å². The number of benzene rings is 1. The van der Waals surface area contributed by atoms with Crippen LogP contribution in [-0.2, 0) is 22.4 Å². The molecule has 2 heterocycles. The zero-order chi connectivity index (χ0) is 18.4. The van der Waals surface area contributed by atoms with Crippen LogP contribution in [0.15, 0.2) is 41.8 Å². The Balaban J connectivity index is 1.39. The number of rotatable bonds is 6. The molecule has 0 N–H and O–H groups in total. The van der Waals surface area contributed by atoms with E-state index in [-0.39, 0.29) is 11.8 Å². The minimum absolute atomic E-state index is 0.158. The van der Waals surface area contributed by atoms with Gasteiger partial charge in [-0.3, -0.25) is 9.59 Å². The molecule has 0 saturated carbocycles. The van der Waals surface area contributed by atoms with E-state index in [9.17, 15) is 9.59 Å². The van der Waals surface area contributed by atoms with Gasteiger partial charge in [0.2, 0.25) is 11.8 Å². The van der Waals surface area contributed by atoms with Gasteiger partial charge in [0.05, 0.1) is 0 Å². The zero-order valence-electron chi connectivity index (χ0n) is 14.7. The van der Waals surface area contributed by atoms with Crippen molar-refractivity contribution in [1.29, 1.82) is 0 Å². The lowest BCUT2D eigenvalue weighted by molar-refractivity contribution is -0.139. The second-order valence-electron chi connectivity index (χ2n) is 6.47. The first-order chi connectivity index (χ1) is 12.6. The number of thiophene rings is 1. The van der Waals surface area contributed by atoms with Gasteiger partial charge in [0.15, 0.2) is 0 Å². The van der Waals surface area contributed by atoms with Gasteiger partial charge >= 0.3 is 0 Å². The van der Waals surface area contributed by atoms with E-state index in [1.807, 2.05) is 45.5 Å². The van der Waals surface area contributed by atoms with Gasteiger partial charge in [-0.15, -0.1) is 11.3 Å². The Bertz CT molecular complexity index is 723. The Morgan fingerprint density at radius 1 is 0.885 bits per heavy atom. The van der Waals surface area contributed by atoms with Crippen molar-refractivity contribution < 1.29 is 9.59 Å². The van der Waals surface area contributed by atoms with Crippen molar-refractivity contribution in [2.24, 2.45) is 0 Å². The van der Waals surface area contributed by atoms with Crippen LogP contribution in [0.1, 0.15) is 23.3 Å². The summed E-state index contributed by atoms with van der Waals surface area (Å²) in [6.45, 7) is 2.53. The number of nitrogens with zero attached hydrogens (tertiary/aromatic N) is 2. The van der Waals surface area contributed by atoms with Gasteiger partial charge in [-0.2, -0.15) is 0 Å². The Hall–Kier alpha value is -1.85. The fraction of sp³-hybridized carbons (Fsp3) is 0.400. The van der Waals surface area contributed by atoms with Crippen molar-refractivity contribution in [1.82, 2.24) is 9.80 Å². The molecule has 26 heavy (non-hydrogen) atoms. The van der Waals surface area contributed by atoms with Crippen molar-refractivity contribution in [3.05, 3.63) is 57.2 Å². The molecule has 1 aliphatic rings. The van der Waals surface area contributed by atoms with E-state index in [1.54, 1.807) is 11.3 Å². The molecule has 2 amide bonds. The highest BCUT2D eigenvalue weighted by molar-refractivity contribution is 7.09. The summed E-state index contributed by atoms with van der Waals surface area (Å²) < 4.78 is 0. The molecule has 1 aliphatic heterocycles. The number of aryl methyl sites for hydroxylation is 2. The Kier molecular flexibility index (Phi) is 6.69. The quantitative estimate of drug-likeness (QED) is 0.755. The number of piperazine rings is 1. The molecule has 2 aromatic rings. The van der Waals surface area contributed by atoms with Gasteiger partial charge in [-0.25, -0.2) is 0 Å². The highest BCUT2D eigenvalue weighted by Crippen LogP contribution is 2.14. The molecule has 1 fully saturated rings. The van der Waals surface area contributed by atoms with Gasteiger partial charge in [0.25, 0.3) is 0 Å². The number of halogens is 1. The second kappa shape index (κ2) is 9.19. The summed E-state index contributed by atoms with van der Waals surface area (Å²) in [5, 5.41) is 2.74.